The number of carbonyl (C=O) groups is 1. The van der Waals surface area contributed by atoms with E-state index in [2.05, 4.69) is 37.1 Å². The Morgan fingerprint density at radius 1 is 1.33 bits per heavy atom. The van der Waals surface area contributed by atoms with Crippen molar-refractivity contribution in [2.75, 3.05) is 20.7 Å². The SMILES string of the molecule is CCCC1CC(=O)C[C@]23CCN(C)[C@H](Cc4ccc(OC)cc42)[C@H]13. The van der Waals surface area contributed by atoms with Gasteiger partial charge in [0.1, 0.15) is 11.5 Å². The molecular weight excluding hydrogens is 298 g/mol. The van der Waals surface area contributed by atoms with Gasteiger partial charge >= 0.3 is 0 Å². The monoisotopic (exact) mass is 327 g/mol. The smallest absolute Gasteiger partial charge is 0.134 e. The summed E-state index contributed by atoms with van der Waals surface area (Å²) in [6, 6.07) is 7.15. The van der Waals surface area contributed by atoms with E-state index in [-0.39, 0.29) is 5.41 Å². The van der Waals surface area contributed by atoms with E-state index in [1.807, 2.05) is 0 Å². The van der Waals surface area contributed by atoms with Crippen LogP contribution in [0.3, 0.4) is 0 Å². The molecule has 1 aromatic carbocycles. The minimum Gasteiger partial charge on any atom is -0.497 e. The van der Waals surface area contributed by atoms with Crippen LogP contribution in [0.2, 0.25) is 0 Å². The number of carbonyl (C=O) groups excluding carboxylic acids is 1. The number of methoxy groups -OCH3 is 1. The molecule has 1 aromatic rings. The van der Waals surface area contributed by atoms with Crippen LogP contribution in [-0.2, 0) is 16.6 Å². The van der Waals surface area contributed by atoms with Gasteiger partial charge in [-0.1, -0.05) is 19.4 Å². The molecule has 1 aliphatic heterocycles. The molecule has 3 aliphatic rings. The number of fused-ring (bicyclic) bond motifs is 1. The second-order valence-corrected chi connectivity index (χ2v) is 8.18. The maximum Gasteiger partial charge on any atom is 0.134 e. The highest BCUT2D eigenvalue weighted by molar-refractivity contribution is 5.82. The summed E-state index contributed by atoms with van der Waals surface area (Å²) in [5, 5.41) is 0. The molecule has 0 N–H and O–H groups in total. The lowest BCUT2D eigenvalue weighted by Gasteiger charge is -2.60. The first-order valence-electron chi connectivity index (χ1n) is 9.48. The van der Waals surface area contributed by atoms with Gasteiger partial charge in [-0.2, -0.15) is 0 Å². The molecule has 0 radical (unpaired) electrons. The van der Waals surface area contributed by atoms with Crippen molar-refractivity contribution in [1.82, 2.24) is 4.90 Å². The third-order valence-electron chi connectivity index (χ3n) is 6.98. The van der Waals surface area contributed by atoms with Crippen LogP contribution in [0.25, 0.3) is 0 Å². The second kappa shape index (κ2) is 5.87. The predicted molar refractivity (Wildman–Crippen MR) is 95.5 cm³/mol. The van der Waals surface area contributed by atoms with Crippen molar-refractivity contribution in [2.45, 2.75) is 56.9 Å². The van der Waals surface area contributed by atoms with E-state index in [9.17, 15) is 4.79 Å². The van der Waals surface area contributed by atoms with Crippen LogP contribution < -0.4 is 4.74 Å². The van der Waals surface area contributed by atoms with E-state index in [0.717, 1.165) is 38.0 Å². The predicted octanol–water partition coefficient (Wildman–Crippen LogP) is 3.59. The van der Waals surface area contributed by atoms with Gasteiger partial charge in [0.2, 0.25) is 0 Å². The zero-order chi connectivity index (χ0) is 16.9. The summed E-state index contributed by atoms with van der Waals surface area (Å²) in [6.45, 7) is 3.36. The largest absolute Gasteiger partial charge is 0.497 e. The Morgan fingerprint density at radius 2 is 2.17 bits per heavy atom. The second-order valence-electron chi connectivity index (χ2n) is 8.18. The lowest BCUT2D eigenvalue weighted by Crippen LogP contribution is -2.63. The molecule has 4 atom stereocenters. The van der Waals surface area contributed by atoms with Crippen LogP contribution in [0.5, 0.6) is 5.75 Å². The number of ketones is 1. The minimum atomic E-state index is 0.0501. The molecule has 2 bridgehead atoms. The number of Topliss-reactive ketones (excluding diaryl/α,β-unsaturated/α-hetero) is 1. The first kappa shape index (κ1) is 16.1. The highest BCUT2D eigenvalue weighted by Gasteiger charge is 2.57. The van der Waals surface area contributed by atoms with Crippen LogP contribution in [0.15, 0.2) is 18.2 Å². The standard InChI is InChI=1S/C21H29NO2/c1-4-5-15-10-16(23)13-21-8-9-22(2)19(20(15)21)11-14-6-7-17(24-3)12-18(14)21/h6-7,12,15,19-20H,4-5,8-11,13H2,1-3H3/t15?,19-,20+,21-/m1/s1. The molecule has 3 heteroatoms. The molecule has 24 heavy (non-hydrogen) atoms. The van der Waals surface area contributed by atoms with Crippen molar-refractivity contribution in [3.63, 3.8) is 0 Å². The molecule has 3 nitrogen and oxygen atoms in total. The normalized spacial score (nSPS) is 35.3. The molecule has 1 heterocycles. The maximum absolute atomic E-state index is 12.7. The first-order valence-corrected chi connectivity index (χ1v) is 9.48. The topological polar surface area (TPSA) is 29.5 Å². The van der Waals surface area contributed by atoms with Crippen LogP contribution in [0.4, 0.5) is 0 Å². The van der Waals surface area contributed by atoms with Gasteiger partial charge < -0.3 is 9.64 Å². The number of likely N-dealkylation sites (N-methyl/N-ethyl adjacent to an activating group) is 1. The Morgan fingerprint density at radius 3 is 2.92 bits per heavy atom. The van der Waals surface area contributed by atoms with Gasteiger partial charge in [-0.3, -0.25) is 4.79 Å². The molecule has 1 saturated heterocycles. The molecule has 4 rings (SSSR count). The summed E-state index contributed by atoms with van der Waals surface area (Å²) in [6.07, 6.45) is 6.12. The van der Waals surface area contributed by atoms with Crippen molar-refractivity contribution in [3.8, 4) is 5.75 Å². The molecule has 130 valence electrons. The maximum atomic E-state index is 12.7. The fourth-order valence-corrected chi connectivity index (χ4v) is 6.06. The van der Waals surface area contributed by atoms with Crippen LogP contribution in [0, 0.1) is 11.8 Å². The Labute approximate surface area is 145 Å². The number of rotatable bonds is 3. The van der Waals surface area contributed by atoms with Crippen LogP contribution in [-0.4, -0.2) is 37.4 Å². The van der Waals surface area contributed by atoms with Crippen LogP contribution in [0.1, 0.15) is 50.2 Å². The summed E-state index contributed by atoms with van der Waals surface area (Å²) in [7, 11) is 4.02. The van der Waals surface area contributed by atoms with Gasteiger partial charge in [-0.25, -0.2) is 0 Å². The molecule has 0 aromatic heterocycles. The summed E-state index contributed by atoms with van der Waals surface area (Å²) in [5.74, 6) is 2.57. The number of likely N-dealkylation sites (tertiary alicyclic amines) is 1. The van der Waals surface area contributed by atoms with Gasteiger partial charge in [0.15, 0.2) is 0 Å². The average molecular weight is 327 g/mol. The van der Waals surface area contributed by atoms with Gasteiger partial charge in [-0.15, -0.1) is 0 Å². The third-order valence-corrected chi connectivity index (χ3v) is 6.98. The van der Waals surface area contributed by atoms with Crippen molar-refractivity contribution < 1.29 is 9.53 Å². The fourth-order valence-electron chi connectivity index (χ4n) is 6.06. The zero-order valence-electron chi connectivity index (χ0n) is 15.2. The Kier molecular flexibility index (Phi) is 3.95. The lowest BCUT2D eigenvalue weighted by atomic mass is 9.49. The molecule has 0 spiro atoms. The molecule has 2 fully saturated rings. The first-order chi connectivity index (χ1) is 11.6. The summed E-state index contributed by atoms with van der Waals surface area (Å²) < 4.78 is 5.52. The summed E-state index contributed by atoms with van der Waals surface area (Å²) in [5.41, 5.74) is 2.91. The van der Waals surface area contributed by atoms with E-state index < -0.39 is 0 Å². The molecule has 2 aliphatic carbocycles. The van der Waals surface area contributed by atoms with E-state index in [1.165, 1.54) is 24.0 Å². The van der Waals surface area contributed by atoms with E-state index in [4.69, 9.17) is 4.74 Å². The van der Waals surface area contributed by atoms with Crippen LogP contribution >= 0.6 is 0 Å². The van der Waals surface area contributed by atoms with Gasteiger partial charge in [0.05, 0.1) is 7.11 Å². The number of hydrogen-bond acceptors (Lipinski definition) is 3. The minimum absolute atomic E-state index is 0.0501. The molecule has 1 unspecified atom stereocenters. The number of benzene rings is 1. The van der Waals surface area contributed by atoms with Crippen molar-refractivity contribution in [1.29, 1.82) is 0 Å². The summed E-state index contributed by atoms with van der Waals surface area (Å²) in [4.78, 5) is 15.3. The fraction of sp³-hybridized carbons (Fsp3) is 0.667. The number of ether oxygens (including phenoxy) is 1. The summed E-state index contributed by atoms with van der Waals surface area (Å²) >= 11 is 0. The van der Waals surface area contributed by atoms with Gasteiger partial charge in [0, 0.05) is 24.3 Å². The van der Waals surface area contributed by atoms with Crippen molar-refractivity contribution in [3.05, 3.63) is 29.3 Å². The van der Waals surface area contributed by atoms with Gasteiger partial charge in [-0.05, 0) is 68.0 Å². The van der Waals surface area contributed by atoms with E-state index >= 15 is 0 Å². The highest BCUT2D eigenvalue weighted by atomic mass is 16.5. The van der Waals surface area contributed by atoms with Crippen molar-refractivity contribution >= 4 is 5.78 Å². The van der Waals surface area contributed by atoms with Crippen molar-refractivity contribution in [2.24, 2.45) is 11.8 Å². The van der Waals surface area contributed by atoms with E-state index in [1.54, 1.807) is 7.11 Å². The Balaban J connectivity index is 1.88. The molecular formula is C21H29NO2. The molecule has 1 saturated carbocycles. The number of piperidine rings is 1. The number of nitrogens with zero attached hydrogens (tertiary/aromatic N) is 1. The Bertz CT molecular complexity index is 655. The lowest BCUT2D eigenvalue weighted by molar-refractivity contribution is -0.131. The Hall–Kier alpha value is -1.35. The van der Waals surface area contributed by atoms with E-state index in [0.29, 0.717) is 23.7 Å². The third kappa shape index (κ3) is 2.24. The quantitative estimate of drug-likeness (QED) is 0.850. The zero-order valence-corrected chi connectivity index (χ0v) is 15.2. The van der Waals surface area contributed by atoms with Gasteiger partial charge in [0.25, 0.3) is 0 Å². The highest BCUT2D eigenvalue weighted by Crippen LogP contribution is 2.57. The molecule has 0 amide bonds. The number of hydrogen-bond donors (Lipinski definition) is 0. The average Bonchev–Trinajstić information content (AvgIpc) is 2.58.